The lowest BCUT2D eigenvalue weighted by molar-refractivity contribution is -0.141. The second-order valence-corrected chi connectivity index (χ2v) is 7.44. The van der Waals surface area contributed by atoms with Crippen molar-refractivity contribution >= 4 is 11.8 Å². The number of hydrogen-bond donors (Lipinski definition) is 1. The topological polar surface area (TPSA) is 73.8 Å². The van der Waals surface area contributed by atoms with Crippen molar-refractivity contribution in [3.8, 4) is 0 Å². The maximum absolute atomic E-state index is 13.3. The van der Waals surface area contributed by atoms with Gasteiger partial charge in [0.2, 0.25) is 5.95 Å². The minimum Gasteiger partial charge on any atom is -0.363 e. The molecule has 146 valence electrons. The first-order chi connectivity index (χ1) is 12.8. The molecule has 4 rings (SSSR count). The number of halogens is 3. The lowest BCUT2D eigenvalue weighted by Gasteiger charge is -2.32. The molecule has 0 aromatic carbocycles. The Balaban J connectivity index is 1.59. The van der Waals surface area contributed by atoms with Gasteiger partial charge in [-0.3, -0.25) is 5.10 Å². The van der Waals surface area contributed by atoms with Crippen molar-refractivity contribution in [3.63, 3.8) is 0 Å². The fraction of sp³-hybridized carbons (Fsp3) is 0.647. The zero-order valence-corrected chi connectivity index (χ0v) is 15.3. The van der Waals surface area contributed by atoms with Gasteiger partial charge in [-0.2, -0.15) is 23.3 Å². The Morgan fingerprint density at radius 2 is 1.89 bits per heavy atom. The summed E-state index contributed by atoms with van der Waals surface area (Å²) in [4.78, 5) is 16.1. The molecule has 0 unspecified atom stereocenters. The molecule has 2 aromatic heterocycles. The zero-order chi connectivity index (χ0) is 19.2. The van der Waals surface area contributed by atoms with Crippen molar-refractivity contribution in [2.75, 3.05) is 37.0 Å². The number of nitrogens with zero attached hydrogens (tertiary/aromatic N) is 6. The van der Waals surface area contributed by atoms with Crippen LogP contribution in [0.3, 0.4) is 0 Å². The van der Waals surface area contributed by atoms with E-state index >= 15 is 0 Å². The molecule has 1 saturated heterocycles. The molecular weight excluding hydrogens is 359 g/mol. The predicted molar refractivity (Wildman–Crippen MR) is 93.9 cm³/mol. The maximum atomic E-state index is 13.3. The molecule has 1 aliphatic heterocycles. The van der Waals surface area contributed by atoms with Crippen molar-refractivity contribution in [1.82, 2.24) is 25.1 Å². The number of piperidine rings is 1. The first-order valence-electron chi connectivity index (χ1n) is 9.12. The standard InChI is InChI=1S/C17H22F3N7/c1-26(2)13-8-12(17(18,19)20)21-16(22-13)27-7-3-4-11(9-27)15-23-14(24-25-15)10-5-6-10/h8,10-11H,3-7,9H2,1-2H3,(H,23,24,25)/t11-/m0/s1. The van der Waals surface area contributed by atoms with Crippen molar-refractivity contribution in [3.05, 3.63) is 23.4 Å². The smallest absolute Gasteiger partial charge is 0.363 e. The number of aromatic nitrogens is 5. The van der Waals surface area contributed by atoms with Gasteiger partial charge in [0.05, 0.1) is 0 Å². The van der Waals surface area contributed by atoms with E-state index in [1.54, 1.807) is 19.0 Å². The number of aromatic amines is 1. The molecule has 0 radical (unpaired) electrons. The fourth-order valence-corrected chi connectivity index (χ4v) is 3.32. The summed E-state index contributed by atoms with van der Waals surface area (Å²) in [6.07, 6.45) is -0.513. The van der Waals surface area contributed by atoms with Gasteiger partial charge < -0.3 is 9.80 Å². The van der Waals surface area contributed by atoms with Crippen LogP contribution in [0.4, 0.5) is 24.9 Å². The average Bonchev–Trinajstić information content (AvgIpc) is 3.37. The fourth-order valence-electron chi connectivity index (χ4n) is 3.32. The maximum Gasteiger partial charge on any atom is 0.433 e. The molecule has 0 amide bonds. The first kappa shape index (κ1) is 18.0. The summed E-state index contributed by atoms with van der Waals surface area (Å²) in [6.45, 7) is 1.13. The number of alkyl halides is 3. The summed E-state index contributed by atoms with van der Waals surface area (Å²) in [5, 5.41) is 7.35. The van der Waals surface area contributed by atoms with Crippen molar-refractivity contribution in [1.29, 1.82) is 0 Å². The molecule has 2 aliphatic rings. The zero-order valence-electron chi connectivity index (χ0n) is 15.3. The van der Waals surface area contributed by atoms with Crippen LogP contribution in [0.25, 0.3) is 0 Å². The first-order valence-corrected chi connectivity index (χ1v) is 9.12. The summed E-state index contributed by atoms with van der Waals surface area (Å²) >= 11 is 0. The average molecular weight is 381 g/mol. The second-order valence-electron chi connectivity index (χ2n) is 7.44. The van der Waals surface area contributed by atoms with Crippen LogP contribution in [-0.4, -0.2) is 52.3 Å². The minimum absolute atomic E-state index is 0.0587. The third-order valence-corrected chi connectivity index (χ3v) is 5.00. The van der Waals surface area contributed by atoms with Gasteiger partial charge in [0.1, 0.15) is 11.6 Å². The van der Waals surface area contributed by atoms with Crippen LogP contribution in [0.1, 0.15) is 54.9 Å². The molecule has 1 N–H and O–H groups in total. The third-order valence-electron chi connectivity index (χ3n) is 5.00. The molecule has 10 heteroatoms. The van der Waals surface area contributed by atoms with Crippen molar-refractivity contribution in [2.24, 2.45) is 0 Å². The second kappa shape index (κ2) is 6.65. The Labute approximate surface area is 155 Å². The highest BCUT2D eigenvalue weighted by Crippen LogP contribution is 2.39. The van der Waals surface area contributed by atoms with Crippen molar-refractivity contribution in [2.45, 2.75) is 43.7 Å². The van der Waals surface area contributed by atoms with Gasteiger partial charge in [-0.1, -0.05) is 0 Å². The van der Waals surface area contributed by atoms with E-state index in [0.717, 1.165) is 43.4 Å². The number of H-pyrrole nitrogens is 1. The summed E-state index contributed by atoms with van der Waals surface area (Å²) < 4.78 is 39.8. The van der Waals surface area contributed by atoms with Crippen LogP contribution < -0.4 is 9.80 Å². The molecule has 0 bridgehead atoms. The van der Waals surface area contributed by atoms with E-state index < -0.39 is 11.9 Å². The Kier molecular flexibility index (Phi) is 4.43. The van der Waals surface area contributed by atoms with Gasteiger partial charge in [0.25, 0.3) is 0 Å². The highest BCUT2D eigenvalue weighted by Gasteiger charge is 2.35. The molecule has 2 fully saturated rings. The summed E-state index contributed by atoms with van der Waals surface area (Å²) in [5.74, 6) is 2.55. The van der Waals surface area contributed by atoms with E-state index in [0.29, 0.717) is 19.0 Å². The van der Waals surface area contributed by atoms with Gasteiger partial charge in [0, 0.05) is 45.1 Å². The van der Waals surface area contributed by atoms with Gasteiger partial charge in [-0.15, -0.1) is 0 Å². The molecule has 2 aromatic rings. The van der Waals surface area contributed by atoms with Gasteiger partial charge in [-0.25, -0.2) is 9.97 Å². The monoisotopic (exact) mass is 381 g/mol. The van der Waals surface area contributed by atoms with Crippen LogP contribution in [0.5, 0.6) is 0 Å². The molecular formula is C17H22F3N7. The number of rotatable bonds is 4. The Morgan fingerprint density at radius 3 is 2.56 bits per heavy atom. The Hall–Kier alpha value is -2.39. The molecule has 0 spiro atoms. The van der Waals surface area contributed by atoms with E-state index in [4.69, 9.17) is 0 Å². The minimum atomic E-state index is -4.51. The SMILES string of the molecule is CN(C)c1cc(C(F)(F)F)nc(N2CCC[C@H](c3n[nH]c(C4CC4)n3)C2)n1. The number of hydrogen-bond acceptors (Lipinski definition) is 6. The normalized spacial score (nSPS) is 20.8. The van der Waals surface area contributed by atoms with Crippen molar-refractivity contribution < 1.29 is 13.2 Å². The van der Waals surface area contributed by atoms with Gasteiger partial charge >= 0.3 is 6.18 Å². The van der Waals surface area contributed by atoms with E-state index in [9.17, 15) is 13.2 Å². The lowest BCUT2D eigenvalue weighted by Crippen LogP contribution is -2.36. The third kappa shape index (κ3) is 3.84. The molecule has 3 heterocycles. The van der Waals surface area contributed by atoms with Gasteiger partial charge in [0.15, 0.2) is 11.5 Å². The highest BCUT2D eigenvalue weighted by molar-refractivity contribution is 5.46. The molecule has 1 aliphatic carbocycles. The van der Waals surface area contributed by atoms with Gasteiger partial charge in [-0.05, 0) is 25.7 Å². The molecule has 1 atom stereocenters. The quantitative estimate of drug-likeness (QED) is 0.878. The van der Waals surface area contributed by atoms with Crippen LogP contribution in [0, 0.1) is 0 Å². The largest absolute Gasteiger partial charge is 0.433 e. The summed E-state index contributed by atoms with van der Waals surface area (Å²) in [5.41, 5.74) is -0.924. The van der Waals surface area contributed by atoms with Crippen LogP contribution >= 0.6 is 0 Å². The molecule has 27 heavy (non-hydrogen) atoms. The highest BCUT2D eigenvalue weighted by atomic mass is 19.4. The van der Waals surface area contributed by atoms with E-state index in [1.165, 1.54) is 0 Å². The van der Waals surface area contributed by atoms with E-state index in [-0.39, 0.29) is 17.7 Å². The predicted octanol–water partition coefficient (Wildman–Crippen LogP) is 2.94. The van der Waals surface area contributed by atoms with Crippen LogP contribution in [0.15, 0.2) is 6.07 Å². The number of anilines is 2. The van der Waals surface area contributed by atoms with Crippen LogP contribution in [0.2, 0.25) is 0 Å². The molecule has 1 saturated carbocycles. The van der Waals surface area contributed by atoms with E-state index in [1.807, 2.05) is 4.90 Å². The summed E-state index contributed by atoms with van der Waals surface area (Å²) in [6, 6.07) is 0.974. The summed E-state index contributed by atoms with van der Waals surface area (Å²) in [7, 11) is 3.33. The molecule has 7 nitrogen and oxygen atoms in total. The Bertz CT molecular complexity index is 813. The lowest BCUT2D eigenvalue weighted by atomic mass is 9.97. The van der Waals surface area contributed by atoms with E-state index in [2.05, 4.69) is 25.1 Å². The Morgan fingerprint density at radius 1 is 1.11 bits per heavy atom. The number of nitrogens with one attached hydrogen (secondary N) is 1. The van der Waals surface area contributed by atoms with Crippen LogP contribution in [-0.2, 0) is 6.18 Å².